The molecule has 0 aliphatic heterocycles. The summed E-state index contributed by atoms with van der Waals surface area (Å²) in [7, 11) is 1.63. The molecule has 0 radical (unpaired) electrons. The number of hydrogen-bond acceptors (Lipinski definition) is 3. The number of pyridine rings is 1. The fourth-order valence-electron chi connectivity index (χ4n) is 1.13. The fraction of sp³-hybridized carbons (Fsp3) is 0.500. The number of ether oxygens (including phenoxy) is 1. The van der Waals surface area contributed by atoms with E-state index in [0.29, 0.717) is 5.88 Å². The van der Waals surface area contributed by atoms with E-state index in [1.807, 2.05) is 19.1 Å². The molecular weight excluding hydrogens is 164 g/mol. The molecule has 1 N–H and O–H groups in total. The summed E-state index contributed by atoms with van der Waals surface area (Å²) >= 11 is 0. The Labute approximate surface area is 79.1 Å². The third-order valence-electron chi connectivity index (χ3n) is 1.94. The maximum Gasteiger partial charge on any atom is 0.213 e. The number of hydrogen-bond donors (Lipinski definition) is 1. The Balaban J connectivity index is 2.73. The zero-order valence-corrected chi connectivity index (χ0v) is 8.42. The predicted molar refractivity (Wildman–Crippen MR) is 52.9 cm³/mol. The van der Waals surface area contributed by atoms with Crippen LogP contribution in [-0.4, -0.2) is 18.6 Å². The van der Waals surface area contributed by atoms with Crippen molar-refractivity contribution in [2.45, 2.75) is 20.4 Å². The van der Waals surface area contributed by atoms with E-state index >= 15 is 0 Å². The molecule has 1 heterocycles. The van der Waals surface area contributed by atoms with E-state index in [-0.39, 0.29) is 0 Å². The molecule has 0 fully saturated rings. The van der Waals surface area contributed by atoms with E-state index in [4.69, 9.17) is 4.74 Å². The van der Waals surface area contributed by atoms with Crippen molar-refractivity contribution in [2.24, 2.45) is 0 Å². The minimum atomic E-state index is 0.678. The number of nitrogens with zero attached hydrogens (tertiary/aromatic N) is 1. The molecule has 0 atom stereocenters. The van der Waals surface area contributed by atoms with E-state index in [1.54, 1.807) is 7.11 Å². The molecule has 3 nitrogen and oxygen atoms in total. The molecule has 13 heavy (non-hydrogen) atoms. The molecule has 0 aromatic carbocycles. The van der Waals surface area contributed by atoms with E-state index < -0.39 is 0 Å². The second-order valence-electron chi connectivity index (χ2n) is 2.88. The van der Waals surface area contributed by atoms with Gasteiger partial charge in [-0.1, -0.05) is 13.0 Å². The van der Waals surface area contributed by atoms with Crippen LogP contribution in [-0.2, 0) is 6.54 Å². The van der Waals surface area contributed by atoms with Gasteiger partial charge in [0.25, 0.3) is 0 Å². The van der Waals surface area contributed by atoms with Crippen LogP contribution in [0.1, 0.15) is 18.2 Å². The standard InChI is InChI=1S/C10H16N2O/c1-4-11-7-9-5-6-10(13-3)12-8(9)2/h5-6,11H,4,7H2,1-3H3. The van der Waals surface area contributed by atoms with Gasteiger partial charge in [0.1, 0.15) is 0 Å². The van der Waals surface area contributed by atoms with E-state index in [2.05, 4.69) is 17.2 Å². The van der Waals surface area contributed by atoms with Crippen LogP contribution in [0, 0.1) is 6.92 Å². The predicted octanol–water partition coefficient (Wildman–Crippen LogP) is 1.51. The topological polar surface area (TPSA) is 34.1 Å². The van der Waals surface area contributed by atoms with Crippen molar-refractivity contribution >= 4 is 0 Å². The second kappa shape index (κ2) is 4.82. The number of aryl methyl sites for hydroxylation is 1. The number of nitrogens with one attached hydrogen (secondary N) is 1. The Kier molecular flexibility index (Phi) is 3.71. The molecule has 1 aromatic heterocycles. The van der Waals surface area contributed by atoms with Crippen molar-refractivity contribution in [1.82, 2.24) is 10.3 Å². The quantitative estimate of drug-likeness (QED) is 0.762. The van der Waals surface area contributed by atoms with Gasteiger partial charge >= 0.3 is 0 Å². The Morgan fingerprint density at radius 2 is 2.23 bits per heavy atom. The highest BCUT2D eigenvalue weighted by Crippen LogP contribution is 2.11. The lowest BCUT2D eigenvalue weighted by molar-refractivity contribution is 0.396. The van der Waals surface area contributed by atoms with Gasteiger partial charge in [-0.2, -0.15) is 0 Å². The van der Waals surface area contributed by atoms with Crippen molar-refractivity contribution < 1.29 is 4.74 Å². The molecule has 0 spiro atoms. The van der Waals surface area contributed by atoms with Crippen LogP contribution in [0.15, 0.2) is 12.1 Å². The van der Waals surface area contributed by atoms with Gasteiger partial charge in [0.15, 0.2) is 0 Å². The minimum Gasteiger partial charge on any atom is -0.481 e. The minimum absolute atomic E-state index is 0.678. The van der Waals surface area contributed by atoms with Gasteiger partial charge in [-0.15, -0.1) is 0 Å². The Bertz CT molecular complexity index is 274. The molecule has 0 unspecified atom stereocenters. The first-order valence-corrected chi connectivity index (χ1v) is 4.49. The molecule has 0 bridgehead atoms. The highest BCUT2D eigenvalue weighted by atomic mass is 16.5. The summed E-state index contributed by atoms with van der Waals surface area (Å²) in [5.74, 6) is 0.678. The summed E-state index contributed by atoms with van der Waals surface area (Å²) in [4.78, 5) is 4.28. The summed E-state index contributed by atoms with van der Waals surface area (Å²) in [5, 5.41) is 3.26. The number of methoxy groups -OCH3 is 1. The van der Waals surface area contributed by atoms with Crippen molar-refractivity contribution in [3.63, 3.8) is 0 Å². The molecule has 72 valence electrons. The van der Waals surface area contributed by atoms with Crippen molar-refractivity contribution in [3.8, 4) is 5.88 Å². The van der Waals surface area contributed by atoms with Crippen LogP contribution in [0.3, 0.4) is 0 Å². The maximum atomic E-state index is 5.02. The largest absolute Gasteiger partial charge is 0.481 e. The van der Waals surface area contributed by atoms with E-state index in [9.17, 15) is 0 Å². The summed E-state index contributed by atoms with van der Waals surface area (Å²) in [6.07, 6.45) is 0. The third kappa shape index (κ3) is 2.70. The lowest BCUT2D eigenvalue weighted by Gasteiger charge is -2.06. The van der Waals surface area contributed by atoms with Crippen LogP contribution in [0.4, 0.5) is 0 Å². The Morgan fingerprint density at radius 3 is 2.77 bits per heavy atom. The smallest absolute Gasteiger partial charge is 0.213 e. The van der Waals surface area contributed by atoms with Gasteiger partial charge in [-0.25, -0.2) is 4.98 Å². The lowest BCUT2D eigenvalue weighted by atomic mass is 10.2. The van der Waals surface area contributed by atoms with Gasteiger partial charge in [-0.3, -0.25) is 0 Å². The van der Waals surface area contributed by atoms with Gasteiger partial charge < -0.3 is 10.1 Å². The van der Waals surface area contributed by atoms with Crippen LogP contribution in [0.2, 0.25) is 0 Å². The SMILES string of the molecule is CCNCc1ccc(OC)nc1C. The van der Waals surface area contributed by atoms with Gasteiger partial charge in [0.2, 0.25) is 5.88 Å². The lowest BCUT2D eigenvalue weighted by Crippen LogP contribution is -2.13. The normalized spacial score (nSPS) is 10.1. The zero-order valence-electron chi connectivity index (χ0n) is 8.42. The summed E-state index contributed by atoms with van der Waals surface area (Å²) in [5.41, 5.74) is 2.25. The first kappa shape index (κ1) is 9.99. The molecule has 0 aliphatic carbocycles. The highest BCUT2D eigenvalue weighted by Gasteiger charge is 2.00. The van der Waals surface area contributed by atoms with Crippen LogP contribution in [0.25, 0.3) is 0 Å². The average Bonchev–Trinajstić information content (AvgIpc) is 2.16. The number of aromatic nitrogens is 1. The van der Waals surface area contributed by atoms with Crippen LogP contribution >= 0.6 is 0 Å². The summed E-state index contributed by atoms with van der Waals surface area (Å²) in [6.45, 7) is 5.94. The van der Waals surface area contributed by atoms with Crippen LogP contribution < -0.4 is 10.1 Å². The summed E-state index contributed by atoms with van der Waals surface area (Å²) < 4.78 is 5.02. The van der Waals surface area contributed by atoms with Crippen molar-refractivity contribution in [1.29, 1.82) is 0 Å². The Hall–Kier alpha value is -1.09. The van der Waals surface area contributed by atoms with Crippen molar-refractivity contribution in [3.05, 3.63) is 23.4 Å². The molecule has 0 saturated carbocycles. The second-order valence-corrected chi connectivity index (χ2v) is 2.88. The first-order chi connectivity index (χ1) is 6.27. The molecule has 0 aliphatic rings. The molecule has 1 aromatic rings. The highest BCUT2D eigenvalue weighted by molar-refractivity contribution is 5.24. The summed E-state index contributed by atoms with van der Waals surface area (Å²) in [6, 6.07) is 3.93. The van der Waals surface area contributed by atoms with E-state index in [0.717, 1.165) is 18.8 Å². The third-order valence-corrected chi connectivity index (χ3v) is 1.94. The van der Waals surface area contributed by atoms with Crippen LogP contribution in [0.5, 0.6) is 5.88 Å². The monoisotopic (exact) mass is 180 g/mol. The van der Waals surface area contributed by atoms with E-state index in [1.165, 1.54) is 5.56 Å². The molecule has 0 saturated heterocycles. The van der Waals surface area contributed by atoms with Gasteiger partial charge in [0.05, 0.1) is 7.11 Å². The average molecular weight is 180 g/mol. The molecule has 3 heteroatoms. The molecule has 0 amide bonds. The van der Waals surface area contributed by atoms with Gasteiger partial charge in [-0.05, 0) is 19.0 Å². The fourth-order valence-corrected chi connectivity index (χ4v) is 1.13. The van der Waals surface area contributed by atoms with Gasteiger partial charge in [0, 0.05) is 18.3 Å². The maximum absolute atomic E-state index is 5.02. The van der Waals surface area contributed by atoms with Crippen molar-refractivity contribution in [2.75, 3.05) is 13.7 Å². The zero-order chi connectivity index (χ0) is 9.68. The number of rotatable bonds is 4. The molecular formula is C10H16N2O. The Morgan fingerprint density at radius 1 is 1.46 bits per heavy atom. The molecule has 1 rings (SSSR count). The first-order valence-electron chi connectivity index (χ1n) is 4.49.